The number of aliphatic hydroxyl groups is 1. The van der Waals surface area contributed by atoms with E-state index in [1.54, 1.807) is 13.8 Å². The summed E-state index contributed by atoms with van der Waals surface area (Å²) in [5.41, 5.74) is -2.25. The molecule has 11 atom stereocenters. The highest BCUT2D eigenvalue weighted by atomic mass is 35.5. The first-order valence-electron chi connectivity index (χ1n) is 12.3. The third-order valence-electron chi connectivity index (χ3n) is 8.46. The van der Waals surface area contributed by atoms with Gasteiger partial charge in [0.25, 0.3) is 0 Å². The number of ether oxygens (including phenoxy) is 5. The van der Waals surface area contributed by atoms with Crippen molar-refractivity contribution >= 4 is 35.5 Å². The van der Waals surface area contributed by atoms with Crippen molar-refractivity contribution in [1.29, 1.82) is 0 Å². The van der Waals surface area contributed by atoms with Gasteiger partial charge in [0.1, 0.15) is 24.4 Å². The van der Waals surface area contributed by atoms with E-state index in [-0.39, 0.29) is 5.57 Å². The van der Waals surface area contributed by atoms with Gasteiger partial charge in [-0.05, 0) is 25.3 Å². The molecule has 1 aliphatic carbocycles. The minimum atomic E-state index is -1.65. The van der Waals surface area contributed by atoms with Gasteiger partial charge in [-0.1, -0.05) is 25.7 Å². The molecule has 1 saturated carbocycles. The highest BCUT2D eigenvalue weighted by molar-refractivity contribution is 6.23. The van der Waals surface area contributed by atoms with Gasteiger partial charge in [0.2, 0.25) is 0 Å². The monoisotopic (exact) mass is 540 g/mol. The van der Waals surface area contributed by atoms with E-state index in [4.69, 9.17) is 35.3 Å². The maximum atomic E-state index is 13.0. The van der Waals surface area contributed by atoms with Crippen LogP contribution in [-0.2, 0) is 42.9 Å². The number of carbonyl (C=O) groups excluding carboxylic acids is 4. The summed E-state index contributed by atoms with van der Waals surface area (Å²) in [7, 11) is 0. The van der Waals surface area contributed by atoms with Crippen molar-refractivity contribution < 1.29 is 48.0 Å². The van der Waals surface area contributed by atoms with E-state index in [1.807, 2.05) is 0 Å². The number of hydrogen-bond acceptors (Lipinski definition) is 10. The van der Waals surface area contributed by atoms with E-state index in [0.717, 1.165) is 0 Å². The van der Waals surface area contributed by atoms with Crippen LogP contribution in [-0.4, -0.2) is 76.6 Å². The molecule has 37 heavy (non-hydrogen) atoms. The van der Waals surface area contributed by atoms with Crippen LogP contribution in [0.1, 0.15) is 47.5 Å². The predicted molar refractivity (Wildman–Crippen MR) is 128 cm³/mol. The van der Waals surface area contributed by atoms with Gasteiger partial charge < -0.3 is 28.8 Å². The Morgan fingerprint density at radius 3 is 2.24 bits per heavy atom. The molecule has 0 aromatic carbocycles. The Hall–Kier alpha value is -2.43. The van der Waals surface area contributed by atoms with Crippen LogP contribution in [0.15, 0.2) is 24.3 Å². The maximum Gasteiger partial charge on any atom is 0.312 e. The lowest BCUT2D eigenvalue weighted by atomic mass is 9.53. The summed E-state index contributed by atoms with van der Waals surface area (Å²) in [4.78, 5) is 49.9. The Balaban J connectivity index is 2.05. The van der Waals surface area contributed by atoms with Crippen LogP contribution in [0.5, 0.6) is 0 Å². The fraction of sp³-hybridized carbons (Fsp3) is 0.692. The van der Waals surface area contributed by atoms with Crippen LogP contribution in [0.3, 0.4) is 0 Å². The van der Waals surface area contributed by atoms with Crippen molar-refractivity contribution in [1.82, 2.24) is 0 Å². The second kappa shape index (κ2) is 9.39. The molecule has 204 valence electrons. The lowest BCUT2D eigenvalue weighted by Crippen LogP contribution is -2.75. The largest absolute Gasteiger partial charge is 0.462 e. The predicted octanol–water partition coefficient (Wildman–Crippen LogP) is 1.99. The van der Waals surface area contributed by atoms with Crippen LogP contribution in [0.2, 0.25) is 0 Å². The molecule has 4 aliphatic rings. The second-order valence-corrected chi connectivity index (χ2v) is 11.1. The summed E-state index contributed by atoms with van der Waals surface area (Å²) in [6.07, 6.45) is -6.58. The van der Waals surface area contributed by atoms with E-state index in [2.05, 4.69) is 13.2 Å². The number of halogens is 1. The van der Waals surface area contributed by atoms with Crippen molar-refractivity contribution in [2.24, 2.45) is 17.3 Å². The number of esters is 4. The number of fused-ring (bicyclic) bond motifs is 2. The highest BCUT2D eigenvalue weighted by Crippen LogP contribution is 2.60. The summed E-state index contributed by atoms with van der Waals surface area (Å²) in [6, 6.07) is 0. The highest BCUT2D eigenvalue weighted by Gasteiger charge is 2.75. The normalized spacial score (nSPS) is 44.9. The third kappa shape index (κ3) is 3.99. The van der Waals surface area contributed by atoms with Gasteiger partial charge in [-0.3, -0.25) is 19.2 Å². The van der Waals surface area contributed by atoms with Crippen LogP contribution < -0.4 is 0 Å². The molecular weight excluding hydrogens is 508 g/mol. The average molecular weight is 541 g/mol. The van der Waals surface area contributed by atoms with Gasteiger partial charge in [0, 0.05) is 32.1 Å². The minimum Gasteiger partial charge on any atom is -0.462 e. The maximum absolute atomic E-state index is 13.0. The summed E-state index contributed by atoms with van der Waals surface area (Å²) in [5.74, 6) is -4.45. The summed E-state index contributed by atoms with van der Waals surface area (Å²) < 4.78 is 29.5. The Labute approximate surface area is 220 Å². The molecule has 3 saturated heterocycles. The van der Waals surface area contributed by atoms with Crippen molar-refractivity contribution in [3.63, 3.8) is 0 Å². The van der Waals surface area contributed by atoms with E-state index in [1.165, 1.54) is 20.8 Å². The molecular formula is C26H33ClO10. The van der Waals surface area contributed by atoms with E-state index < -0.39 is 88.7 Å². The molecule has 0 radical (unpaired) electrons. The van der Waals surface area contributed by atoms with E-state index in [0.29, 0.717) is 18.4 Å². The first-order chi connectivity index (χ1) is 17.2. The minimum absolute atomic E-state index is 0.219. The Morgan fingerprint density at radius 2 is 1.68 bits per heavy atom. The Kier molecular flexibility index (Phi) is 7.01. The van der Waals surface area contributed by atoms with E-state index >= 15 is 0 Å². The van der Waals surface area contributed by atoms with Gasteiger partial charge in [-0.2, -0.15) is 0 Å². The molecule has 3 heterocycles. The van der Waals surface area contributed by atoms with Crippen molar-refractivity contribution in [2.75, 3.05) is 0 Å². The van der Waals surface area contributed by atoms with Crippen molar-refractivity contribution in [3.8, 4) is 0 Å². The summed E-state index contributed by atoms with van der Waals surface area (Å²) in [5, 5.41) is 11.0. The Bertz CT molecular complexity index is 1060. The Morgan fingerprint density at radius 1 is 1.08 bits per heavy atom. The van der Waals surface area contributed by atoms with Crippen molar-refractivity contribution in [3.05, 3.63) is 24.3 Å². The average Bonchev–Trinajstić information content (AvgIpc) is 3.05. The molecule has 11 heteroatoms. The molecule has 1 spiro atoms. The molecule has 0 unspecified atom stereocenters. The molecule has 2 bridgehead atoms. The smallest absolute Gasteiger partial charge is 0.312 e. The number of hydrogen-bond donors (Lipinski definition) is 1. The van der Waals surface area contributed by atoms with Gasteiger partial charge >= 0.3 is 23.9 Å². The molecule has 3 aliphatic heterocycles. The van der Waals surface area contributed by atoms with Crippen LogP contribution >= 0.6 is 11.6 Å². The molecule has 4 rings (SSSR count). The molecule has 10 nitrogen and oxygen atoms in total. The number of aliphatic hydroxyl groups excluding tert-OH is 1. The second-order valence-electron chi connectivity index (χ2n) is 10.6. The fourth-order valence-electron chi connectivity index (χ4n) is 6.77. The molecule has 4 fully saturated rings. The zero-order chi connectivity index (χ0) is 27.6. The SMILES string of the molecule is C=C1CC[C@H](OC(C)=O)[C@@]2(C)[C@H]1[C@H](OC(C)=O)[C@@]13O[C@H](C(=C)[C@H](Cl)[C@@H]1OC(=O)[C@@H]3C)[C@@H](OC(C)=O)[C@@H]2O. The quantitative estimate of drug-likeness (QED) is 0.245. The number of rotatable bonds is 3. The number of alkyl halides is 1. The molecule has 0 aromatic heterocycles. The lowest BCUT2D eigenvalue weighted by Gasteiger charge is -2.61. The van der Waals surface area contributed by atoms with Gasteiger partial charge in [0.05, 0.1) is 11.3 Å². The first-order valence-corrected chi connectivity index (χ1v) is 12.7. The third-order valence-corrected chi connectivity index (χ3v) is 8.97. The van der Waals surface area contributed by atoms with Crippen LogP contribution in [0, 0.1) is 17.3 Å². The van der Waals surface area contributed by atoms with E-state index in [9.17, 15) is 24.3 Å². The zero-order valence-corrected chi connectivity index (χ0v) is 22.3. The summed E-state index contributed by atoms with van der Waals surface area (Å²) >= 11 is 6.81. The molecule has 0 aromatic rings. The topological polar surface area (TPSA) is 135 Å². The standard InChI is InChI=1S/C26H33ClO10/c1-10-8-9-16(33-13(4)28)25(7)17(10)22(35-15(6)30)26-12(3)24(32)36-23(26)18(27)11(2)19(37-26)20(21(25)31)34-14(5)29/h12,16-23,31H,1-2,8-9H2,3-7H3/t12-,16-,17+,18-,19+,20+,21-,22-,23-,25-,26+/m0/s1. The lowest BCUT2D eigenvalue weighted by molar-refractivity contribution is -0.292. The first kappa shape index (κ1) is 27.6. The van der Waals surface area contributed by atoms with Crippen LogP contribution in [0.4, 0.5) is 0 Å². The van der Waals surface area contributed by atoms with Gasteiger partial charge in [-0.25, -0.2) is 0 Å². The summed E-state index contributed by atoms with van der Waals surface area (Å²) in [6.45, 7) is 15.1. The molecule has 0 amide bonds. The van der Waals surface area contributed by atoms with Crippen molar-refractivity contribution in [2.45, 2.75) is 95.1 Å². The van der Waals surface area contributed by atoms with Gasteiger partial charge in [0.15, 0.2) is 17.8 Å². The van der Waals surface area contributed by atoms with Gasteiger partial charge in [-0.15, -0.1) is 11.6 Å². The zero-order valence-electron chi connectivity index (χ0n) is 21.5. The fourth-order valence-corrected chi connectivity index (χ4v) is 7.14. The number of carbonyl (C=O) groups is 4. The molecule has 1 N–H and O–H groups in total. The van der Waals surface area contributed by atoms with Crippen LogP contribution in [0.25, 0.3) is 0 Å².